The third-order valence-electron chi connectivity index (χ3n) is 3.68. The fourth-order valence-electron chi connectivity index (χ4n) is 2.70. The Labute approximate surface area is 115 Å². The maximum atomic E-state index is 11.5. The van der Waals surface area contributed by atoms with Crippen LogP contribution in [0, 0.1) is 6.92 Å². The third kappa shape index (κ3) is 2.00. The molecule has 0 aliphatic carbocycles. The highest BCUT2D eigenvalue weighted by molar-refractivity contribution is 5.79. The van der Waals surface area contributed by atoms with E-state index in [1.807, 2.05) is 24.0 Å². The molecule has 0 radical (unpaired) electrons. The van der Waals surface area contributed by atoms with Crippen LogP contribution < -0.4 is 4.90 Å². The van der Waals surface area contributed by atoms with E-state index in [1.54, 1.807) is 11.6 Å². The van der Waals surface area contributed by atoms with Crippen molar-refractivity contribution in [3.8, 4) is 0 Å². The minimum Gasteiger partial charge on any atom is -0.480 e. The molecule has 1 aliphatic heterocycles. The molecule has 7 heteroatoms. The van der Waals surface area contributed by atoms with Gasteiger partial charge >= 0.3 is 5.97 Å². The molecule has 2 atom stereocenters. The van der Waals surface area contributed by atoms with Gasteiger partial charge in [0.25, 0.3) is 0 Å². The van der Waals surface area contributed by atoms with Crippen LogP contribution in [0.3, 0.4) is 0 Å². The molecule has 0 bridgehead atoms. The number of pyridine rings is 1. The Morgan fingerprint density at radius 1 is 1.50 bits per heavy atom. The van der Waals surface area contributed by atoms with Crippen molar-refractivity contribution in [1.29, 1.82) is 0 Å². The van der Waals surface area contributed by atoms with E-state index in [0.717, 1.165) is 11.4 Å². The number of ether oxygens (including phenoxy) is 1. The summed E-state index contributed by atoms with van der Waals surface area (Å²) in [5.74, 6) is -0.108. The predicted molar refractivity (Wildman–Crippen MR) is 71.9 cm³/mol. The van der Waals surface area contributed by atoms with Gasteiger partial charge < -0.3 is 14.7 Å². The summed E-state index contributed by atoms with van der Waals surface area (Å²) in [4.78, 5) is 17.5. The highest BCUT2D eigenvalue weighted by atomic mass is 16.5. The van der Waals surface area contributed by atoms with Crippen molar-refractivity contribution in [2.45, 2.75) is 25.5 Å². The molecule has 20 heavy (non-hydrogen) atoms. The molecule has 1 N–H and O–H groups in total. The number of nitrogens with zero attached hydrogens (tertiary/aromatic N) is 4. The molecule has 2 unspecified atom stereocenters. The Morgan fingerprint density at radius 3 is 3.00 bits per heavy atom. The molecular formula is C13H16N4O3. The van der Waals surface area contributed by atoms with Gasteiger partial charge in [-0.3, -0.25) is 0 Å². The van der Waals surface area contributed by atoms with Gasteiger partial charge in [-0.1, -0.05) is 0 Å². The normalized spacial score (nSPS) is 22.6. The summed E-state index contributed by atoms with van der Waals surface area (Å²) in [6.07, 6.45) is 1.85. The Morgan fingerprint density at radius 2 is 2.30 bits per heavy atom. The lowest BCUT2D eigenvalue weighted by Gasteiger charge is -2.24. The van der Waals surface area contributed by atoms with E-state index in [9.17, 15) is 9.90 Å². The zero-order valence-electron chi connectivity index (χ0n) is 11.4. The number of rotatable bonds is 3. The van der Waals surface area contributed by atoms with Crippen molar-refractivity contribution < 1.29 is 14.6 Å². The molecule has 3 rings (SSSR count). The molecule has 2 aromatic heterocycles. The smallest absolute Gasteiger partial charge is 0.326 e. The van der Waals surface area contributed by atoms with Gasteiger partial charge in [0.1, 0.15) is 18.2 Å². The van der Waals surface area contributed by atoms with Gasteiger partial charge in [-0.2, -0.15) is 9.61 Å². The highest BCUT2D eigenvalue weighted by Gasteiger charge is 2.38. The zero-order valence-corrected chi connectivity index (χ0v) is 11.4. The van der Waals surface area contributed by atoms with E-state index in [2.05, 4.69) is 10.1 Å². The van der Waals surface area contributed by atoms with Gasteiger partial charge in [0.2, 0.25) is 0 Å². The second kappa shape index (κ2) is 4.75. The molecular weight excluding hydrogens is 260 g/mol. The number of aryl methyl sites for hydroxylation is 1. The minimum absolute atomic E-state index is 0.0878. The van der Waals surface area contributed by atoms with Crippen molar-refractivity contribution in [1.82, 2.24) is 14.6 Å². The van der Waals surface area contributed by atoms with E-state index < -0.39 is 12.0 Å². The van der Waals surface area contributed by atoms with Gasteiger partial charge in [0.15, 0.2) is 5.65 Å². The second-order valence-corrected chi connectivity index (χ2v) is 5.02. The molecule has 0 saturated carbocycles. The molecule has 0 amide bonds. The van der Waals surface area contributed by atoms with Crippen LogP contribution in [0.1, 0.15) is 12.0 Å². The summed E-state index contributed by atoms with van der Waals surface area (Å²) in [5, 5.41) is 13.6. The maximum Gasteiger partial charge on any atom is 0.326 e. The van der Waals surface area contributed by atoms with Gasteiger partial charge in [-0.25, -0.2) is 9.78 Å². The average molecular weight is 276 g/mol. The highest BCUT2D eigenvalue weighted by Crippen LogP contribution is 2.28. The van der Waals surface area contributed by atoms with Crippen LogP contribution in [0.5, 0.6) is 0 Å². The largest absolute Gasteiger partial charge is 0.480 e. The third-order valence-corrected chi connectivity index (χ3v) is 3.68. The van der Waals surface area contributed by atoms with Crippen molar-refractivity contribution in [3.63, 3.8) is 0 Å². The number of hydrogen-bond donors (Lipinski definition) is 1. The Hall–Kier alpha value is -2.15. The first-order chi connectivity index (χ1) is 9.60. The minimum atomic E-state index is -0.848. The van der Waals surface area contributed by atoms with E-state index >= 15 is 0 Å². The monoisotopic (exact) mass is 276 g/mol. The molecule has 2 aromatic rings. The number of anilines is 1. The van der Waals surface area contributed by atoms with Crippen molar-refractivity contribution in [2.75, 3.05) is 18.6 Å². The first kappa shape index (κ1) is 12.9. The van der Waals surface area contributed by atoms with E-state index in [-0.39, 0.29) is 6.10 Å². The molecule has 3 heterocycles. The van der Waals surface area contributed by atoms with Crippen LogP contribution in [0.25, 0.3) is 5.65 Å². The summed E-state index contributed by atoms with van der Waals surface area (Å²) in [5.41, 5.74) is 1.73. The molecule has 1 fully saturated rings. The Kier molecular flexibility index (Phi) is 3.06. The quantitative estimate of drug-likeness (QED) is 0.889. The van der Waals surface area contributed by atoms with Crippen LogP contribution >= 0.6 is 0 Å². The molecule has 7 nitrogen and oxygen atoms in total. The van der Waals surface area contributed by atoms with E-state index in [1.165, 1.54) is 6.33 Å². The van der Waals surface area contributed by atoms with Crippen LogP contribution in [-0.4, -0.2) is 51.5 Å². The van der Waals surface area contributed by atoms with Gasteiger partial charge in [-0.15, -0.1) is 0 Å². The number of hydrogen-bond acceptors (Lipinski definition) is 5. The first-order valence-corrected chi connectivity index (χ1v) is 6.43. The number of aliphatic carboxylic acids is 1. The molecule has 0 spiro atoms. The van der Waals surface area contributed by atoms with Crippen LogP contribution in [0.15, 0.2) is 18.5 Å². The van der Waals surface area contributed by atoms with Gasteiger partial charge in [-0.05, 0) is 24.6 Å². The predicted octanol–water partition coefficient (Wildman–Crippen LogP) is 0.716. The summed E-state index contributed by atoms with van der Waals surface area (Å²) in [6.45, 7) is 2.49. The average Bonchev–Trinajstić information content (AvgIpc) is 3.03. The lowest BCUT2D eigenvalue weighted by atomic mass is 10.2. The lowest BCUT2D eigenvalue weighted by Crippen LogP contribution is -2.37. The van der Waals surface area contributed by atoms with Crippen LogP contribution in [-0.2, 0) is 9.53 Å². The van der Waals surface area contributed by atoms with Gasteiger partial charge in [0, 0.05) is 20.1 Å². The Balaban J connectivity index is 2.08. The number of carbonyl (C=O) groups is 1. The molecule has 1 aliphatic rings. The fourth-order valence-corrected chi connectivity index (χ4v) is 2.70. The Bertz CT molecular complexity index is 654. The van der Waals surface area contributed by atoms with Crippen LogP contribution in [0.2, 0.25) is 0 Å². The van der Waals surface area contributed by atoms with Crippen LogP contribution in [0.4, 0.5) is 5.82 Å². The number of methoxy groups -OCH3 is 1. The molecule has 0 aromatic carbocycles. The van der Waals surface area contributed by atoms with Crippen molar-refractivity contribution in [2.24, 2.45) is 0 Å². The number of carboxylic acids is 1. The summed E-state index contributed by atoms with van der Waals surface area (Å²) >= 11 is 0. The van der Waals surface area contributed by atoms with E-state index in [0.29, 0.717) is 18.6 Å². The van der Waals surface area contributed by atoms with Crippen molar-refractivity contribution in [3.05, 3.63) is 24.0 Å². The van der Waals surface area contributed by atoms with Gasteiger partial charge in [0.05, 0.1) is 6.10 Å². The SMILES string of the molecule is COC1CC(C(=O)O)N(c2cc(C)cc3ncnn23)C1. The topological polar surface area (TPSA) is 80.0 Å². The summed E-state index contributed by atoms with van der Waals surface area (Å²) < 4.78 is 6.98. The number of fused-ring (bicyclic) bond motifs is 1. The summed E-state index contributed by atoms with van der Waals surface area (Å²) in [6, 6.07) is 3.24. The molecule has 1 saturated heterocycles. The maximum absolute atomic E-state index is 11.5. The lowest BCUT2D eigenvalue weighted by molar-refractivity contribution is -0.138. The second-order valence-electron chi connectivity index (χ2n) is 5.02. The molecule has 106 valence electrons. The van der Waals surface area contributed by atoms with E-state index in [4.69, 9.17) is 4.74 Å². The zero-order chi connectivity index (χ0) is 14.3. The van der Waals surface area contributed by atoms with Crippen molar-refractivity contribution >= 4 is 17.4 Å². The fraction of sp³-hybridized carbons (Fsp3) is 0.462. The number of aromatic nitrogens is 3. The first-order valence-electron chi connectivity index (χ1n) is 6.43. The summed E-state index contributed by atoms with van der Waals surface area (Å²) in [7, 11) is 1.61. The number of carboxylic acid groups (broad SMARTS) is 1. The standard InChI is InChI=1S/C13H16N4O3/c1-8-3-11-14-7-15-17(11)12(4-8)16-6-9(20-2)5-10(16)13(18)19/h3-4,7,9-10H,5-6H2,1-2H3,(H,18,19).